The van der Waals surface area contributed by atoms with E-state index in [0.717, 1.165) is 12.8 Å². The minimum absolute atomic E-state index is 0.273. The third kappa shape index (κ3) is 2.37. The maximum atomic E-state index is 12.7. The summed E-state index contributed by atoms with van der Waals surface area (Å²) < 4.78 is 0. The van der Waals surface area contributed by atoms with E-state index < -0.39 is 11.5 Å². The second-order valence-corrected chi connectivity index (χ2v) is 5.48. The van der Waals surface area contributed by atoms with Gasteiger partial charge in [-0.05, 0) is 46.1 Å². The Labute approximate surface area is 117 Å². The van der Waals surface area contributed by atoms with E-state index in [1.807, 2.05) is 0 Å². The third-order valence-corrected chi connectivity index (χ3v) is 3.93. The number of hydrogen-bond acceptors (Lipinski definition) is 4. The van der Waals surface area contributed by atoms with E-state index in [0.29, 0.717) is 29.9 Å². The number of carboxylic acid groups (broad SMARTS) is 1. The molecule has 1 saturated heterocycles. The normalized spacial score (nSPS) is 22.6. The largest absolute Gasteiger partial charge is 0.480 e. The molecule has 1 aliphatic rings. The van der Waals surface area contributed by atoms with Gasteiger partial charge in [-0.1, -0.05) is 0 Å². The van der Waals surface area contributed by atoms with Crippen molar-refractivity contribution in [2.24, 2.45) is 0 Å². The van der Waals surface area contributed by atoms with Crippen molar-refractivity contribution in [1.82, 2.24) is 15.1 Å². The van der Waals surface area contributed by atoms with Crippen LogP contribution in [0.1, 0.15) is 47.9 Å². The zero-order chi connectivity index (χ0) is 14.9. The molecule has 1 N–H and O–H groups in total. The number of carbonyl (C=O) groups excluding carboxylic acids is 1. The molecule has 108 valence electrons. The number of carbonyl (C=O) groups is 2. The number of hydrogen-bond donors (Lipinski definition) is 1. The van der Waals surface area contributed by atoms with Crippen molar-refractivity contribution in [1.29, 1.82) is 0 Å². The Morgan fingerprint density at radius 3 is 2.65 bits per heavy atom. The molecule has 1 aromatic rings. The number of piperidine rings is 1. The summed E-state index contributed by atoms with van der Waals surface area (Å²) in [4.78, 5) is 25.7. The van der Waals surface area contributed by atoms with E-state index in [1.165, 1.54) is 4.90 Å². The average Bonchev–Trinajstić information content (AvgIpc) is 2.41. The second kappa shape index (κ2) is 5.19. The van der Waals surface area contributed by atoms with Gasteiger partial charge in [-0.15, -0.1) is 0 Å². The topological polar surface area (TPSA) is 83.4 Å². The molecule has 20 heavy (non-hydrogen) atoms. The molecule has 1 fully saturated rings. The second-order valence-electron chi connectivity index (χ2n) is 5.48. The highest BCUT2D eigenvalue weighted by atomic mass is 16.4. The molecule has 6 heteroatoms. The molecule has 2 rings (SSSR count). The van der Waals surface area contributed by atoms with Crippen molar-refractivity contribution in [3.63, 3.8) is 0 Å². The Hall–Kier alpha value is -1.98. The Balaban J connectivity index is 2.40. The minimum atomic E-state index is -1.14. The zero-order valence-corrected chi connectivity index (χ0v) is 12.0. The fourth-order valence-electron chi connectivity index (χ4n) is 2.58. The lowest BCUT2D eigenvalue weighted by atomic mass is 9.87. The van der Waals surface area contributed by atoms with Crippen LogP contribution < -0.4 is 0 Å². The average molecular weight is 277 g/mol. The first-order valence-electron chi connectivity index (χ1n) is 6.72. The summed E-state index contributed by atoms with van der Waals surface area (Å²) in [5.74, 6) is -1.23. The molecule has 6 nitrogen and oxygen atoms in total. The smallest absolute Gasteiger partial charge is 0.329 e. The molecule has 1 unspecified atom stereocenters. The van der Waals surface area contributed by atoms with Gasteiger partial charge in [0.05, 0.1) is 17.0 Å². The number of rotatable bonds is 2. The summed E-state index contributed by atoms with van der Waals surface area (Å²) in [6, 6.07) is 1.67. The van der Waals surface area contributed by atoms with Gasteiger partial charge in [0.25, 0.3) is 5.91 Å². The summed E-state index contributed by atoms with van der Waals surface area (Å²) in [6.45, 7) is 5.54. The Kier molecular flexibility index (Phi) is 3.74. The van der Waals surface area contributed by atoms with Crippen LogP contribution in [0.5, 0.6) is 0 Å². The minimum Gasteiger partial charge on any atom is -0.480 e. The molecule has 1 atom stereocenters. The van der Waals surface area contributed by atoms with Crippen LogP contribution in [0.4, 0.5) is 0 Å². The van der Waals surface area contributed by atoms with E-state index in [4.69, 9.17) is 0 Å². The summed E-state index contributed by atoms with van der Waals surface area (Å²) in [7, 11) is 0. The van der Waals surface area contributed by atoms with Gasteiger partial charge in [0.15, 0.2) is 0 Å². The fraction of sp³-hybridized carbons (Fsp3) is 0.571. The highest BCUT2D eigenvalue weighted by molar-refractivity contribution is 5.98. The first-order chi connectivity index (χ1) is 9.36. The summed E-state index contributed by atoms with van der Waals surface area (Å²) in [5, 5.41) is 17.3. The van der Waals surface area contributed by atoms with E-state index in [1.54, 1.807) is 26.8 Å². The number of amides is 1. The molecule has 0 spiro atoms. The third-order valence-electron chi connectivity index (χ3n) is 3.93. The van der Waals surface area contributed by atoms with Gasteiger partial charge in [0, 0.05) is 6.54 Å². The molecular formula is C14H19N3O3. The van der Waals surface area contributed by atoms with Crippen LogP contribution in [0.25, 0.3) is 0 Å². The van der Waals surface area contributed by atoms with E-state index in [-0.39, 0.29) is 5.91 Å². The predicted molar refractivity (Wildman–Crippen MR) is 72.4 cm³/mol. The molecule has 0 radical (unpaired) electrons. The van der Waals surface area contributed by atoms with E-state index >= 15 is 0 Å². The lowest BCUT2D eigenvalue weighted by Gasteiger charge is -2.41. The van der Waals surface area contributed by atoms with Gasteiger partial charge >= 0.3 is 5.97 Å². The zero-order valence-electron chi connectivity index (χ0n) is 12.0. The number of carboxylic acids is 1. The van der Waals surface area contributed by atoms with Gasteiger partial charge in [0.1, 0.15) is 5.54 Å². The number of aromatic nitrogens is 2. The molecule has 0 aromatic carbocycles. The van der Waals surface area contributed by atoms with Gasteiger partial charge in [0.2, 0.25) is 0 Å². The molecule has 1 amide bonds. The highest BCUT2D eigenvalue weighted by Crippen LogP contribution is 2.30. The first-order valence-corrected chi connectivity index (χ1v) is 6.72. The van der Waals surface area contributed by atoms with Crippen LogP contribution in [-0.2, 0) is 4.79 Å². The van der Waals surface area contributed by atoms with Crippen LogP contribution in [0.3, 0.4) is 0 Å². The first kappa shape index (κ1) is 14.4. The number of likely N-dealkylation sites (tertiary alicyclic amines) is 1. The van der Waals surface area contributed by atoms with Crippen molar-refractivity contribution in [3.8, 4) is 0 Å². The molecule has 0 aliphatic carbocycles. The maximum Gasteiger partial charge on any atom is 0.329 e. The molecular weight excluding hydrogens is 258 g/mol. The van der Waals surface area contributed by atoms with E-state index in [2.05, 4.69) is 10.2 Å². The lowest BCUT2D eigenvalue weighted by molar-refractivity contribution is -0.150. The van der Waals surface area contributed by atoms with Crippen molar-refractivity contribution in [3.05, 3.63) is 23.0 Å². The van der Waals surface area contributed by atoms with Crippen molar-refractivity contribution in [2.75, 3.05) is 6.54 Å². The molecule has 0 saturated carbocycles. The molecule has 1 aliphatic heterocycles. The van der Waals surface area contributed by atoms with Gasteiger partial charge in [-0.25, -0.2) is 4.79 Å². The van der Waals surface area contributed by atoms with Crippen LogP contribution >= 0.6 is 0 Å². The van der Waals surface area contributed by atoms with Crippen LogP contribution in [0.2, 0.25) is 0 Å². The quantitative estimate of drug-likeness (QED) is 0.887. The summed E-state index contributed by atoms with van der Waals surface area (Å²) in [6.07, 6.45) is 2.12. The number of nitrogens with zero attached hydrogens (tertiary/aromatic N) is 3. The standard InChI is InChI=1S/C14H19N3O3/c1-9-8-11(10(2)16-15-9)12(18)17-7-5-4-6-14(17,3)13(19)20/h8H,4-7H2,1-3H3,(H,19,20). The van der Waals surface area contributed by atoms with Gasteiger partial charge in [-0.3, -0.25) is 4.79 Å². The summed E-state index contributed by atoms with van der Waals surface area (Å²) in [5.41, 5.74) is 0.470. The number of aliphatic carboxylic acids is 1. The lowest BCUT2D eigenvalue weighted by Crippen LogP contribution is -2.57. The van der Waals surface area contributed by atoms with Crippen LogP contribution in [-0.4, -0.2) is 44.2 Å². The highest BCUT2D eigenvalue weighted by Gasteiger charge is 2.44. The van der Waals surface area contributed by atoms with Crippen molar-refractivity contribution >= 4 is 11.9 Å². The molecule has 0 bridgehead atoms. The fourth-order valence-corrected chi connectivity index (χ4v) is 2.58. The van der Waals surface area contributed by atoms with Gasteiger partial charge < -0.3 is 10.0 Å². The SMILES string of the molecule is Cc1cc(C(=O)N2CCCCC2(C)C(=O)O)c(C)nn1. The Morgan fingerprint density at radius 1 is 1.30 bits per heavy atom. The Bertz CT molecular complexity index is 559. The van der Waals surface area contributed by atoms with Crippen molar-refractivity contribution < 1.29 is 14.7 Å². The number of aryl methyl sites for hydroxylation is 2. The van der Waals surface area contributed by atoms with E-state index in [9.17, 15) is 14.7 Å². The molecule has 2 heterocycles. The molecule has 1 aromatic heterocycles. The predicted octanol–water partition coefficient (Wildman–Crippen LogP) is 1.56. The van der Waals surface area contributed by atoms with Crippen molar-refractivity contribution in [2.45, 2.75) is 45.6 Å². The Morgan fingerprint density at radius 2 is 2.00 bits per heavy atom. The monoisotopic (exact) mass is 277 g/mol. The van der Waals surface area contributed by atoms with Crippen LogP contribution in [0, 0.1) is 13.8 Å². The van der Waals surface area contributed by atoms with Crippen LogP contribution in [0.15, 0.2) is 6.07 Å². The maximum absolute atomic E-state index is 12.7. The summed E-state index contributed by atoms with van der Waals surface area (Å²) >= 11 is 0. The van der Waals surface area contributed by atoms with Gasteiger partial charge in [-0.2, -0.15) is 10.2 Å².